The van der Waals surface area contributed by atoms with Crippen molar-refractivity contribution in [2.75, 3.05) is 5.32 Å². The van der Waals surface area contributed by atoms with Gasteiger partial charge in [-0.05, 0) is 36.4 Å². The van der Waals surface area contributed by atoms with Crippen molar-refractivity contribution in [2.24, 2.45) is 0 Å². The zero-order valence-electron chi connectivity index (χ0n) is 16.4. The summed E-state index contributed by atoms with van der Waals surface area (Å²) in [7, 11) is 0. The molecule has 0 fully saturated rings. The van der Waals surface area contributed by atoms with Crippen molar-refractivity contribution in [2.45, 2.75) is 12.5 Å². The third-order valence-corrected chi connectivity index (χ3v) is 5.57. The molecule has 0 saturated heterocycles. The van der Waals surface area contributed by atoms with Crippen molar-refractivity contribution in [1.29, 1.82) is 0 Å². The number of aromatic nitrogens is 4. The van der Waals surface area contributed by atoms with Crippen LogP contribution in [0.1, 0.15) is 17.4 Å². The molecule has 0 radical (unpaired) electrons. The number of pyridine rings is 2. The van der Waals surface area contributed by atoms with Crippen LogP contribution in [0.4, 0.5) is 10.5 Å². The Kier molecular flexibility index (Phi) is 3.92. The first-order valence-corrected chi connectivity index (χ1v) is 9.99. The zero-order valence-corrected chi connectivity index (χ0v) is 16.4. The third-order valence-electron chi connectivity index (χ3n) is 5.57. The van der Waals surface area contributed by atoms with Gasteiger partial charge in [0.2, 0.25) is 0 Å². The van der Waals surface area contributed by atoms with Gasteiger partial charge >= 0.3 is 6.09 Å². The molecule has 2 aromatic carbocycles. The molecular formula is C24H17N5O2. The Balaban J connectivity index is 1.43. The van der Waals surface area contributed by atoms with Crippen LogP contribution in [0.15, 0.2) is 73.1 Å². The third kappa shape index (κ3) is 3.07. The summed E-state index contributed by atoms with van der Waals surface area (Å²) in [5.41, 5.74) is 6.06. The molecule has 7 nitrogen and oxygen atoms in total. The molecule has 31 heavy (non-hydrogen) atoms. The quantitative estimate of drug-likeness (QED) is 0.438. The Hall–Kier alpha value is -4.26. The van der Waals surface area contributed by atoms with E-state index in [1.54, 1.807) is 12.4 Å². The van der Waals surface area contributed by atoms with E-state index in [1.807, 2.05) is 60.7 Å². The monoisotopic (exact) mass is 407 g/mol. The summed E-state index contributed by atoms with van der Waals surface area (Å²) in [5.74, 6) is 0. The minimum Gasteiger partial charge on any atom is -0.441 e. The molecule has 1 aliphatic heterocycles. The van der Waals surface area contributed by atoms with Gasteiger partial charge in [-0.15, -0.1) is 0 Å². The molecule has 0 aliphatic carbocycles. The number of cyclic esters (lactones) is 1. The van der Waals surface area contributed by atoms with Gasteiger partial charge in [-0.2, -0.15) is 5.10 Å². The van der Waals surface area contributed by atoms with Crippen LogP contribution < -0.4 is 5.32 Å². The van der Waals surface area contributed by atoms with Crippen molar-refractivity contribution in [3.63, 3.8) is 0 Å². The molecule has 2 N–H and O–H groups in total. The Morgan fingerprint density at radius 2 is 1.87 bits per heavy atom. The summed E-state index contributed by atoms with van der Waals surface area (Å²) in [6.45, 7) is 0. The second-order valence-corrected chi connectivity index (χ2v) is 7.51. The number of carbonyl (C=O) groups is 1. The van der Waals surface area contributed by atoms with Gasteiger partial charge in [-0.25, -0.2) is 4.79 Å². The lowest BCUT2D eigenvalue weighted by molar-refractivity contribution is 0.106. The number of fused-ring (bicyclic) bond motifs is 3. The van der Waals surface area contributed by atoms with Crippen LogP contribution >= 0.6 is 0 Å². The lowest BCUT2D eigenvalue weighted by atomic mass is 9.97. The number of anilines is 1. The average molecular weight is 407 g/mol. The number of aromatic amines is 1. The first kappa shape index (κ1) is 17.6. The Labute approximate surface area is 177 Å². The van der Waals surface area contributed by atoms with E-state index < -0.39 is 12.2 Å². The first-order chi connectivity index (χ1) is 15.2. The van der Waals surface area contributed by atoms with Gasteiger partial charge < -0.3 is 4.74 Å². The molecule has 1 amide bonds. The van der Waals surface area contributed by atoms with E-state index in [4.69, 9.17) is 9.72 Å². The van der Waals surface area contributed by atoms with Gasteiger partial charge in [0.05, 0.1) is 16.7 Å². The highest BCUT2D eigenvalue weighted by Crippen LogP contribution is 2.38. The first-order valence-electron chi connectivity index (χ1n) is 9.99. The number of nitrogens with zero attached hydrogens (tertiary/aromatic N) is 3. The second-order valence-electron chi connectivity index (χ2n) is 7.51. The molecular weight excluding hydrogens is 390 g/mol. The highest BCUT2D eigenvalue weighted by Gasteiger charge is 2.28. The van der Waals surface area contributed by atoms with E-state index in [9.17, 15) is 4.79 Å². The van der Waals surface area contributed by atoms with E-state index in [0.29, 0.717) is 6.42 Å². The number of ether oxygens (including phenoxy) is 1. The van der Waals surface area contributed by atoms with Crippen LogP contribution in [-0.4, -0.2) is 26.3 Å². The maximum absolute atomic E-state index is 12.2. The predicted molar refractivity (Wildman–Crippen MR) is 118 cm³/mol. The standard InChI is InChI=1S/C24H17N5O2/c30-24-27-20-13-21-18(23(29-28-21)15-7-9-25-10-8-15)12-17(20)22(31-24)11-16-6-5-14-3-1-2-4-19(14)26-16/h1-10,12-13,22H,11H2,(H,27,30)(H,28,29). The summed E-state index contributed by atoms with van der Waals surface area (Å²) in [5, 5.41) is 12.4. The van der Waals surface area contributed by atoms with Gasteiger partial charge in [0.1, 0.15) is 11.8 Å². The molecule has 1 atom stereocenters. The number of hydrogen-bond donors (Lipinski definition) is 2. The number of amides is 1. The number of hydrogen-bond acceptors (Lipinski definition) is 5. The highest BCUT2D eigenvalue weighted by atomic mass is 16.6. The fourth-order valence-corrected chi connectivity index (χ4v) is 4.08. The van der Waals surface area contributed by atoms with Gasteiger partial charge in [-0.1, -0.05) is 24.3 Å². The smallest absolute Gasteiger partial charge is 0.412 e. The normalized spacial score (nSPS) is 15.5. The predicted octanol–water partition coefficient (Wildman–Crippen LogP) is 5.02. The highest BCUT2D eigenvalue weighted by molar-refractivity contribution is 5.98. The SMILES string of the molecule is O=C1Nc2cc3[nH]nc(-c4ccncc4)c3cc2C(Cc2ccc3ccccc3n2)O1. The largest absolute Gasteiger partial charge is 0.441 e. The number of para-hydroxylation sites is 1. The van der Waals surface area contributed by atoms with Crippen LogP contribution in [0.5, 0.6) is 0 Å². The fourth-order valence-electron chi connectivity index (χ4n) is 4.08. The van der Waals surface area contributed by atoms with Crippen molar-refractivity contribution < 1.29 is 9.53 Å². The van der Waals surface area contributed by atoms with Crippen LogP contribution in [0, 0.1) is 0 Å². The zero-order chi connectivity index (χ0) is 20.8. The Morgan fingerprint density at radius 1 is 1.00 bits per heavy atom. The summed E-state index contributed by atoms with van der Waals surface area (Å²) in [6.07, 6.45) is 3.06. The minimum absolute atomic E-state index is 0.443. The second kappa shape index (κ2) is 6.91. The molecule has 150 valence electrons. The van der Waals surface area contributed by atoms with Crippen LogP contribution in [-0.2, 0) is 11.2 Å². The summed E-state index contributed by atoms with van der Waals surface area (Å²) < 4.78 is 5.67. The lowest BCUT2D eigenvalue weighted by Crippen LogP contribution is -2.26. The number of benzene rings is 2. The van der Waals surface area contributed by atoms with Crippen LogP contribution in [0.25, 0.3) is 33.1 Å². The fraction of sp³-hybridized carbons (Fsp3) is 0.0833. The Bertz CT molecular complexity index is 1440. The lowest BCUT2D eigenvalue weighted by Gasteiger charge is -2.26. The Morgan fingerprint density at radius 3 is 2.77 bits per heavy atom. The average Bonchev–Trinajstić information content (AvgIpc) is 3.21. The van der Waals surface area contributed by atoms with Crippen molar-refractivity contribution in [3.05, 3.63) is 84.3 Å². The summed E-state index contributed by atoms with van der Waals surface area (Å²) >= 11 is 0. The number of nitrogens with one attached hydrogen (secondary N) is 2. The maximum atomic E-state index is 12.2. The maximum Gasteiger partial charge on any atom is 0.412 e. The van der Waals surface area contributed by atoms with E-state index in [1.165, 1.54) is 0 Å². The summed E-state index contributed by atoms with van der Waals surface area (Å²) in [6, 6.07) is 19.8. The van der Waals surface area contributed by atoms with E-state index >= 15 is 0 Å². The molecule has 0 saturated carbocycles. The molecule has 0 spiro atoms. The van der Waals surface area contributed by atoms with E-state index in [0.717, 1.165) is 50.0 Å². The van der Waals surface area contributed by atoms with Gasteiger partial charge in [-0.3, -0.25) is 20.4 Å². The molecule has 0 bridgehead atoms. The molecule has 7 heteroatoms. The van der Waals surface area contributed by atoms with E-state index in [-0.39, 0.29) is 0 Å². The van der Waals surface area contributed by atoms with Crippen molar-refractivity contribution >= 4 is 33.6 Å². The van der Waals surface area contributed by atoms with Crippen molar-refractivity contribution in [3.8, 4) is 11.3 Å². The topological polar surface area (TPSA) is 92.8 Å². The van der Waals surface area contributed by atoms with Crippen LogP contribution in [0.2, 0.25) is 0 Å². The van der Waals surface area contributed by atoms with Gasteiger partial charge in [0, 0.05) is 46.4 Å². The summed E-state index contributed by atoms with van der Waals surface area (Å²) in [4.78, 5) is 21.0. The van der Waals surface area contributed by atoms with Gasteiger partial charge in [0.25, 0.3) is 0 Å². The molecule has 5 aromatic rings. The molecule has 1 aliphatic rings. The minimum atomic E-state index is -0.466. The number of carbonyl (C=O) groups excluding carboxylic acids is 1. The van der Waals surface area contributed by atoms with E-state index in [2.05, 4.69) is 20.5 Å². The van der Waals surface area contributed by atoms with Crippen molar-refractivity contribution in [1.82, 2.24) is 20.2 Å². The molecule has 1 unspecified atom stereocenters. The molecule has 4 heterocycles. The van der Waals surface area contributed by atoms with Gasteiger partial charge in [0.15, 0.2) is 0 Å². The molecule has 3 aromatic heterocycles. The van der Waals surface area contributed by atoms with Crippen LogP contribution in [0.3, 0.4) is 0 Å². The number of H-pyrrole nitrogens is 1. The number of rotatable bonds is 3. The molecule has 6 rings (SSSR count).